The molecule has 8 atom stereocenters. The largest absolute Gasteiger partial charge is 0.393 e. The van der Waals surface area contributed by atoms with Crippen molar-refractivity contribution in [1.29, 1.82) is 5.26 Å². The summed E-state index contributed by atoms with van der Waals surface area (Å²) in [4.78, 5) is 2.26. The van der Waals surface area contributed by atoms with E-state index in [9.17, 15) is 5.11 Å². The quantitative estimate of drug-likeness (QED) is 0.486. The minimum Gasteiger partial charge on any atom is -0.393 e. The molecule has 8 unspecified atom stereocenters. The molecule has 5 rings (SSSR count). The van der Waals surface area contributed by atoms with Gasteiger partial charge in [-0.3, -0.25) is 0 Å². The van der Waals surface area contributed by atoms with Gasteiger partial charge < -0.3 is 18.4 Å². The first-order valence-electron chi connectivity index (χ1n) is 12.4. The van der Waals surface area contributed by atoms with Crippen LogP contribution in [0.15, 0.2) is 11.9 Å². The Morgan fingerprint density at radius 1 is 1.19 bits per heavy atom. The second kappa shape index (κ2) is 8.06. The molecule has 0 amide bonds. The zero-order valence-corrected chi connectivity index (χ0v) is 21.2. The van der Waals surface area contributed by atoms with Crippen LogP contribution < -0.4 is 5.32 Å². The van der Waals surface area contributed by atoms with E-state index >= 15 is 0 Å². The number of fused-ring (bicyclic) bond motifs is 5. The maximum Gasteiger partial charge on any atom is 0.110 e. The van der Waals surface area contributed by atoms with Gasteiger partial charge in [-0.15, -0.1) is 0 Å². The molecule has 31 heavy (non-hydrogen) atoms. The predicted molar refractivity (Wildman–Crippen MR) is 129 cm³/mol. The van der Waals surface area contributed by atoms with Gasteiger partial charge in [-0.05, 0) is 81.0 Å². The van der Waals surface area contributed by atoms with Gasteiger partial charge >= 0.3 is 0 Å². The zero-order chi connectivity index (χ0) is 21.9. The predicted octanol–water partition coefficient (Wildman–Crippen LogP) is 5.11. The van der Waals surface area contributed by atoms with Gasteiger partial charge in [0.25, 0.3) is 0 Å². The Morgan fingerprint density at radius 3 is 2.81 bits per heavy atom. The molecular formula is C25H38IN3O2. The van der Waals surface area contributed by atoms with Gasteiger partial charge in [0, 0.05) is 29.8 Å². The number of aliphatic hydroxyl groups is 1. The number of nitrogens with zero attached hydrogens (tertiary/aromatic N) is 2. The fourth-order valence-electron chi connectivity index (χ4n) is 8.89. The van der Waals surface area contributed by atoms with Crippen LogP contribution in [0.3, 0.4) is 0 Å². The van der Waals surface area contributed by atoms with Crippen LogP contribution in [0.1, 0.15) is 78.1 Å². The van der Waals surface area contributed by atoms with E-state index in [1.54, 1.807) is 0 Å². The van der Waals surface area contributed by atoms with Crippen LogP contribution in [-0.4, -0.2) is 34.9 Å². The lowest BCUT2D eigenvalue weighted by Crippen LogP contribution is -2.62. The van der Waals surface area contributed by atoms with Gasteiger partial charge in [0.15, 0.2) is 0 Å². The van der Waals surface area contributed by atoms with E-state index in [1.807, 2.05) is 0 Å². The molecule has 0 aromatic rings. The van der Waals surface area contributed by atoms with E-state index in [1.165, 1.54) is 44.2 Å². The first kappa shape index (κ1) is 22.3. The van der Waals surface area contributed by atoms with Gasteiger partial charge in [0.2, 0.25) is 0 Å². The van der Waals surface area contributed by atoms with Gasteiger partial charge in [0.1, 0.15) is 23.0 Å². The molecule has 1 heterocycles. The smallest absolute Gasteiger partial charge is 0.110 e. The van der Waals surface area contributed by atoms with Crippen molar-refractivity contribution in [3.05, 3.63) is 11.9 Å². The number of nitriles is 1. The highest BCUT2D eigenvalue weighted by molar-refractivity contribution is 14.1. The van der Waals surface area contributed by atoms with Crippen LogP contribution in [0.5, 0.6) is 0 Å². The topological polar surface area (TPSA) is 68.5 Å². The van der Waals surface area contributed by atoms with Crippen molar-refractivity contribution < 1.29 is 8.17 Å². The summed E-state index contributed by atoms with van der Waals surface area (Å²) in [5.41, 5.74) is 1.84. The molecule has 5 nitrogen and oxygen atoms in total. The first-order valence-corrected chi connectivity index (χ1v) is 13.3. The number of allylic oxidation sites excluding steroid dienone is 1. The summed E-state index contributed by atoms with van der Waals surface area (Å²) in [5, 5.41) is 22.9. The van der Waals surface area contributed by atoms with Crippen molar-refractivity contribution in [3.8, 4) is 6.07 Å². The molecule has 1 aliphatic heterocycles. The summed E-state index contributed by atoms with van der Waals surface area (Å²) in [6.07, 6.45) is 13.3. The summed E-state index contributed by atoms with van der Waals surface area (Å²) in [6.45, 7) is 6.69. The summed E-state index contributed by atoms with van der Waals surface area (Å²) < 4.78 is 6.61. The molecule has 172 valence electrons. The SMILES string of the molecule is CC12CCC(O)CC1CCC1C2CCC2(C)C(C3=CN(CCC#N)CN3)CCC12OI. The highest BCUT2D eigenvalue weighted by Crippen LogP contribution is 2.71. The van der Waals surface area contributed by atoms with Gasteiger partial charge in [-0.25, -0.2) is 0 Å². The monoisotopic (exact) mass is 539 g/mol. The second-order valence-corrected chi connectivity index (χ2v) is 12.0. The van der Waals surface area contributed by atoms with Crippen LogP contribution >= 0.6 is 23.0 Å². The number of halogens is 1. The van der Waals surface area contributed by atoms with Gasteiger partial charge in [-0.2, -0.15) is 5.26 Å². The lowest BCUT2D eigenvalue weighted by Gasteiger charge is -2.64. The molecule has 4 aliphatic carbocycles. The normalized spacial score (nSPS) is 48.8. The van der Waals surface area contributed by atoms with Crippen LogP contribution in [0, 0.1) is 45.8 Å². The molecule has 0 aromatic carbocycles. The number of nitrogens with one attached hydrogen (secondary N) is 1. The molecule has 0 bridgehead atoms. The molecule has 4 saturated carbocycles. The van der Waals surface area contributed by atoms with Gasteiger partial charge in [-0.1, -0.05) is 13.8 Å². The number of aliphatic hydroxyl groups excluding tert-OH is 1. The summed E-state index contributed by atoms with van der Waals surface area (Å²) in [5.74, 6) is 2.53. The Kier molecular flexibility index (Phi) is 5.79. The second-order valence-electron chi connectivity index (χ2n) is 11.6. The molecule has 6 heteroatoms. The lowest BCUT2D eigenvalue weighted by molar-refractivity contribution is -0.183. The standard InChI is InChI=1S/C25H38IN3O2/c1-23-9-6-18(30)14-17(23)4-5-20-19(23)7-10-24(2)21(8-11-25(20,24)31-26)22-15-29(16-28-22)13-3-12-27/h15,17-21,28,30H,3-11,13-14,16H2,1-2H3. The molecule has 0 aromatic heterocycles. The Bertz CT molecular complexity index is 783. The summed E-state index contributed by atoms with van der Waals surface area (Å²) >= 11 is 2.24. The Labute approximate surface area is 201 Å². The molecule has 0 saturated heterocycles. The van der Waals surface area contributed by atoms with Crippen LogP contribution in [0.4, 0.5) is 0 Å². The van der Waals surface area contributed by atoms with Crippen LogP contribution in [0.25, 0.3) is 0 Å². The number of rotatable bonds is 4. The highest BCUT2D eigenvalue weighted by atomic mass is 127. The Hall–Kier alpha value is -0.520. The molecule has 4 fully saturated rings. The minimum atomic E-state index is -0.0847. The van der Waals surface area contributed by atoms with Gasteiger partial charge in [0.05, 0.1) is 30.9 Å². The van der Waals surface area contributed by atoms with E-state index in [4.69, 9.17) is 8.33 Å². The third kappa shape index (κ3) is 3.19. The molecule has 5 aliphatic rings. The minimum absolute atomic E-state index is 0.0478. The lowest BCUT2D eigenvalue weighted by atomic mass is 9.43. The van der Waals surface area contributed by atoms with Crippen LogP contribution in [-0.2, 0) is 3.07 Å². The van der Waals surface area contributed by atoms with Crippen molar-refractivity contribution in [2.45, 2.75) is 89.8 Å². The van der Waals surface area contributed by atoms with Crippen molar-refractivity contribution in [2.24, 2.45) is 34.5 Å². The summed E-state index contributed by atoms with van der Waals surface area (Å²) in [7, 11) is 0. The zero-order valence-electron chi connectivity index (χ0n) is 19.1. The van der Waals surface area contributed by atoms with E-state index in [0.717, 1.165) is 38.4 Å². The van der Waals surface area contributed by atoms with Crippen molar-refractivity contribution in [3.63, 3.8) is 0 Å². The fraction of sp³-hybridized carbons (Fsp3) is 0.880. The van der Waals surface area contributed by atoms with E-state index in [2.05, 4.69) is 59.3 Å². The average Bonchev–Trinajstić information content (AvgIpc) is 3.34. The van der Waals surface area contributed by atoms with E-state index in [0.29, 0.717) is 29.6 Å². The Balaban J connectivity index is 1.43. The first-order chi connectivity index (χ1) is 14.9. The molecule has 2 N–H and O–H groups in total. The van der Waals surface area contributed by atoms with Crippen LogP contribution in [0.2, 0.25) is 0 Å². The molecule has 0 radical (unpaired) electrons. The number of hydrogen-bond acceptors (Lipinski definition) is 5. The fourth-order valence-corrected chi connectivity index (χ4v) is 9.94. The maximum atomic E-state index is 10.3. The van der Waals surface area contributed by atoms with E-state index < -0.39 is 0 Å². The maximum absolute atomic E-state index is 10.3. The van der Waals surface area contributed by atoms with E-state index in [-0.39, 0.29) is 17.1 Å². The third-order valence-electron chi connectivity index (χ3n) is 10.6. The third-order valence-corrected chi connectivity index (χ3v) is 11.4. The van der Waals surface area contributed by atoms with Crippen molar-refractivity contribution in [2.75, 3.05) is 13.2 Å². The average molecular weight is 540 g/mol. The molecular weight excluding hydrogens is 501 g/mol. The van der Waals surface area contributed by atoms with Crippen molar-refractivity contribution in [1.82, 2.24) is 10.2 Å². The Morgan fingerprint density at radius 2 is 2.03 bits per heavy atom. The van der Waals surface area contributed by atoms with Crippen molar-refractivity contribution >= 4 is 23.0 Å². The molecule has 0 spiro atoms. The number of hydrogen-bond donors (Lipinski definition) is 2. The summed E-state index contributed by atoms with van der Waals surface area (Å²) in [6, 6.07) is 2.27. The highest BCUT2D eigenvalue weighted by Gasteiger charge is 2.69.